The SMILES string of the molecule is NC1(C(=O)O)CCN(c2ncnc3c2CCCC3)C1. The van der Waals surface area contributed by atoms with Crippen molar-refractivity contribution < 1.29 is 9.90 Å². The quantitative estimate of drug-likeness (QED) is 0.799. The molecule has 6 nitrogen and oxygen atoms in total. The largest absolute Gasteiger partial charge is 0.480 e. The Morgan fingerprint density at radius 2 is 2.16 bits per heavy atom. The molecular weight excluding hydrogens is 244 g/mol. The van der Waals surface area contributed by atoms with Crippen LogP contribution < -0.4 is 10.6 Å². The molecule has 1 saturated heterocycles. The highest BCUT2D eigenvalue weighted by atomic mass is 16.4. The van der Waals surface area contributed by atoms with Crippen LogP contribution in [0.15, 0.2) is 6.33 Å². The van der Waals surface area contributed by atoms with Gasteiger partial charge in [-0.1, -0.05) is 0 Å². The average Bonchev–Trinajstić information content (AvgIpc) is 2.82. The van der Waals surface area contributed by atoms with Gasteiger partial charge in [0.25, 0.3) is 0 Å². The number of fused-ring (bicyclic) bond motifs is 1. The van der Waals surface area contributed by atoms with Crippen molar-refractivity contribution in [2.75, 3.05) is 18.0 Å². The maximum Gasteiger partial charge on any atom is 0.325 e. The molecule has 1 aliphatic carbocycles. The maximum absolute atomic E-state index is 11.2. The predicted molar refractivity (Wildman–Crippen MR) is 70.1 cm³/mol. The monoisotopic (exact) mass is 262 g/mol. The number of anilines is 1. The van der Waals surface area contributed by atoms with E-state index in [0.29, 0.717) is 19.5 Å². The lowest BCUT2D eigenvalue weighted by atomic mass is 9.96. The van der Waals surface area contributed by atoms with Gasteiger partial charge in [0.05, 0.1) is 0 Å². The van der Waals surface area contributed by atoms with Crippen LogP contribution in [0.2, 0.25) is 0 Å². The number of nitrogens with two attached hydrogens (primary N) is 1. The molecule has 2 aliphatic rings. The smallest absolute Gasteiger partial charge is 0.325 e. The fourth-order valence-electron chi connectivity index (χ4n) is 2.96. The van der Waals surface area contributed by atoms with E-state index >= 15 is 0 Å². The molecule has 1 atom stereocenters. The number of carbonyl (C=O) groups is 1. The average molecular weight is 262 g/mol. The highest BCUT2D eigenvalue weighted by Gasteiger charge is 2.42. The third kappa shape index (κ3) is 2.06. The molecule has 1 aromatic rings. The van der Waals surface area contributed by atoms with Gasteiger partial charge in [-0.25, -0.2) is 9.97 Å². The van der Waals surface area contributed by atoms with Crippen molar-refractivity contribution in [2.24, 2.45) is 5.73 Å². The number of carboxylic acid groups (broad SMARTS) is 1. The standard InChI is InChI=1S/C13H18N4O2/c14-13(12(18)19)5-6-17(7-13)11-9-3-1-2-4-10(9)15-8-16-11/h8H,1-7,14H2,(H,18,19). The third-order valence-corrected chi connectivity index (χ3v) is 4.13. The summed E-state index contributed by atoms with van der Waals surface area (Å²) >= 11 is 0. The molecule has 1 aliphatic heterocycles. The normalized spacial score (nSPS) is 26.3. The van der Waals surface area contributed by atoms with Crippen molar-refractivity contribution in [2.45, 2.75) is 37.6 Å². The maximum atomic E-state index is 11.2. The molecule has 0 bridgehead atoms. The lowest BCUT2D eigenvalue weighted by Crippen LogP contribution is -2.50. The third-order valence-electron chi connectivity index (χ3n) is 4.13. The van der Waals surface area contributed by atoms with Gasteiger partial charge in [-0.2, -0.15) is 0 Å². The van der Waals surface area contributed by atoms with Gasteiger partial charge < -0.3 is 15.7 Å². The number of aromatic nitrogens is 2. The predicted octanol–water partition coefficient (Wildman–Crippen LogP) is 0.348. The van der Waals surface area contributed by atoms with Crippen LogP contribution in [0, 0.1) is 0 Å². The summed E-state index contributed by atoms with van der Waals surface area (Å²) in [4.78, 5) is 21.9. The zero-order chi connectivity index (χ0) is 13.5. The first kappa shape index (κ1) is 12.3. The minimum Gasteiger partial charge on any atom is -0.480 e. The molecule has 0 amide bonds. The highest BCUT2D eigenvalue weighted by Crippen LogP contribution is 2.31. The van der Waals surface area contributed by atoms with Crippen LogP contribution in [-0.2, 0) is 17.6 Å². The summed E-state index contributed by atoms with van der Waals surface area (Å²) in [5.74, 6) is -0.0452. The molecule has 0 spiro atoms. The number of hydrogen-bond acceptors (Lipinski definition) is 5. The number of carboxylic acids is 1. The molecule has 19 heavy (non-hydrogen) atoms. The first-order valence-electron chi connectivity index (χ1n) is 6.70. The van der Waals surface area contributed by atoms with Crippen molar-refractivity contribution in [1.82, 2.24) is 9.97 Å². The van der Waals surface area contributed by atoms with E-state index in [0.717, 1.165) is 30.8 Å². The van der Waals surface area contributed by atoms with Crippen LogP contribution in [0.3, 0.4) is 0 Å². The van der Waals surface area contributed by atoms with Gasteiger partial charge in [-0.05, 0) is 32.1 Å². The van der Waals surface area contributed by atoms with Gasteiger partial charge in [-0.15, -0.1) is 0 Å². The Labute approximate surface area is 111 Å². The molecule has 0 radical (unpaired) electrons. The first-order valence-corrected chi connectivity index (χ1v) is 6.70. The van der Waals surface area contributed by atoms with E-state index in [1.165, 1.54) is 12.0 Å². The summed E-state index contributed by atoms with van der Waals surface area (Å²) < 4.78 is 0. The van der Waals surface area contributed by atoms with Gasteiger partial charge in [-0.3, -0.25) is 4.79 Å². The lowest BCUT2D eigenvalue weighted by Gasteiger charge is -2.25. The van der Waals surface area contributed by atoms with Gasteiger partial charge in [0.15, 0.2) is 0 Å². The number of aryl methyl sites for hydroxylation is 1. The number of nitrogens with zero attached hydrogens (tertiary/aromatic N) is 3. The molecule has 1 fully saturated rings. The Morgan fingerprint density at radius 1 is 1.37 bits per heavy atom. The molecule has 2 heterocycles. The van der Waals surface area contributed by atoms with E-state index in [1.807, 2.05) is 4.90 Å². The minimum absolute atomic E-state index is 0.325. The summed E-state index contributed by atoms with van der Waals surface area (Å²) in [7, 11) is 0. The van der Waals surface area contributed by atoms with Gasteiger partial charge >= 0.3 is 5.97 Å². The Balaban J connectivity index is 1.90. The summed E-state index contributed by atoms with van der Waals surface area (Å²) in [5, 5.41) is 9.19. The Morgan fingerprint density at radius 3 is 2.89 bits per heavy atom. The minimum atomic E-state index is -1.15. The second-order valence-corrected chi connectivity index (χ2v) is 5.46. The Kier molecular flexibility index (Phi) is 2.89. The van der Waals surface area contributed by atoms with Gasteiger partial charge in [0.1, 0.15) is 17.7 Å². The first-order chi connectivity index (χ1) is 9.10. The molecule has 0 saturated carbocycles. The fourth-order valence-corrected chi connectivity index (χ4v) is 2.96. The van der Waals surface area contributed by atoms with Crippen molar-refractivity contribution in [3.05, 3.63) is 17.6 Å². The van der Waals surface area contributed by atoms with E-state index in [4.69, 9.17) is 5.73 Å². The van der Waals surface area contributed by atoms with Crippen molar-refractivity contribution in [3.63, 3.8) is 0 Å². The summed E-state index contributed by atoms with van der Waals surface area (Å²) in [6.07, 6.45) is 6.32. The number of rotatable bonds is 2. The number of aliphatic carboxylic acids is 1. The summed E-state index contributed by atoms with van der Waals surface area (Å²) in [5.41, 5.74) is 7.07. The highest BCUT2D eigenvalue weighted by molar-refractivity contribution is 5.80. The van der Waals surface area contributed by atoms with Crippen molar-refractivity contribution in [1.29, 1.82) is 0 Å². The topological polar surface area (TPSA) is 92.3 Å². The Hall–Kier alpha value is -1.69. The van der Waals surface area contributed by atoms with Crippen LogP contribution in [0.4, 0.5) is 5.82 Å². The van der Waals surface area contributed by atoms with Gasteiger partial charge in [0.2, 0.25) is 0 Å². The summed E-state index contributed by atoms with van der Waals surface area (Å²) in [6, 6.07) is 0. The van der Waals surface area contributed by atoms with E-state index in [-0.39, 0.29) is 0 Å². The van der Waals surface area contributed by atoms with Crippen LogP contribution in [0.25, 0.3) is 0 Å². The molecule has 102 valence electrons. The van der Waals surface area contributed by atoms with Crippen molar-refractivity contribution in [3.8, 4) is 0 Å². The molecule has 6 heteroatoms. The van der Waals surface area contributed by atoms with E-state index < -0.39 is 11.5 Å². The van der Waals surface area contributed by atoms with Crippen LogP contribution >= 0.6 is 0 Å². The second-order valence-electron chi connectivity index (χ2n) is 5.46. The zero-order valence-electron chi connectivity index (χ0n) is 10.8. The summed E-state index contributed by atoms with van der Waals surface area (Å²) in [6.45, 7) is 0.970. The number of hydrogen-bond donors (Lipinski definition) is 2. The zero-order valence-corrected chi connectivity index (χ0v) is 10.8. The molecule has 1 aromatic heterocycles. The second kappa shape index (κ2) is 4.45. The van der Waals surface area contributed by atoms with Crippen LogP contribution in [0.1, 0.15) is 30.5 Å². The Bertz CT molecular complexity index is 519. The molecular formula is C13H18N4O2. The van der Waals surface area contributed by atoms with Crippen molar-refractivity contribution >= 4 is 11.8 Å². The van der Waals surface area contributed by atoms with E-state index in [2.05, 4.69) is 9.97 Å². The van der Waals surface area contributed by atoms with E-state index in [9.17, 15) is 9.90 Å². The fraction of sp³-hybridized carbons (Fsp3) is 0.615. The molecule has 3 rings (SSSR count). The molecule has 0 aromatic carbocycles. The molecule has 3 N–H and O–H groups in total. The van der Waals surface area contributed by atoms with E-state index in [1.54, 1.807) is 6.33 Å². The van der Waals surface area contributed by atoms with Gasteiger partial charge in [0, 0.05) is 24.3 Å². The van der Waals surface area contributed by atoms with Crippen LogP contribution in [0.5, 0.6) is 0 Å². The van der Waals surface area contributed by atoms with Crippen LogP contribution in [-0.4, -0.2) is 39.7 Å². The molecule has 1 unspecified atom stereocenters. The lowest BCUT2D eigenvalue weighted by molar-refractivity contribution is -0.142.